The molecular weight excluding hydrogens is 593 g/mol. The van der Waals surface area contributed by atoms with Crippen LogP contribution in [0, 0.1) is 10.6 Å². The molecule has 38 heavy (non-hydrogen) atoms. The number of ether oxygens (including phenoxy) is 2. The summed E-state index contributed by atoms with van der Waals surface area (Å²) < 4.78 is 85.1. The molecule has 2 aromatic rings. The Morgan fingerprint density at radius 2 is 1.76 bits per heavy atom. The van der Waals surface area contributed by atoms with Crippen LogP contribution >= 0.6 is 33.4 Å². The number of nitrogens with zero attached hydrogens (tertiary/aromatic N) is 2. The Kier molecular flexibility index (Phi) is 8.49. The fourth-order valence-electron chi connectivity index (χ4n) is 3.09. The molecule has 0 bridgehead atoms. The highest BCUT2D eigenvalue weighted by atomic mass is 35.5. The van der Waals surface area contributed by atoms with Gasteiger partial charge in [-0.25, -0.2) is 22.1 Å². The molecule has 7 nitrogen and oxygen atoms in total. The maximum atomic E-state index is 15.3. The molecule has 1 aliphatic rings. The molecule has 0 radical (unpaired) electrons. The van der Waals surface area contributed by atoms with E-state index in [0.29, 0.717) is 12.8 Å². The van der Waals surface area contributed by atoms with Gasteiger partial charge in [-0.3, -0.25) is 4.79 Å². The fourth-order valence-corrected chi connectivity index (χ4v) is 9.16. The van der Waals surface area contributed by atoms with Gasteiger partial charge < -0.3 is 9.47 Å². The summed E-state index contributed by atoms with van der Waals surface area (Å²) in [6.07, 6.45) is 1.02. The lowest BCUT2D eigenvalue weighted by Crippen LogP contribution is -2.46. The molecule has 1 amide bonds. The normalized spacial score (nSPS) is 16.5. The van der Waals surface area contributed by atoms with Gasteiger partial charge in [0.05, 0.1) is 22.0 Å². The second-order valence-electron chi connectivity index (χ2n) is 9.94. The van der Waals surface area contributed by atoms with Crippen molar-refractivity contribution in [1.82, 2.24) is 8.69 Å². The van der Waals surface area contributed by atoms with E-state index < -0.39 is 66.1 Å². The Hall–Kier alpha value is -1.96. The van der Waals surface area contributed by atoms with Gasteiger partial charge in [-0.15, -0.1) is 0 Å². The fraction of sp³-hybridized carbons (Fsp3) is 0.478. The zero-order valence-electron chi connectivity index (χ0n) is 21.1. The van der Waals surface area contributed by atoms with Crippen molar-refractivity contribution in [1.29, 1.82) is 4.78 Å². The number of hydrogen-bond donors (Lipinski definition) is 1. The molecule has 0 spiro atoms. The number of carbonyl (C=O) groups excluding carboxylic acids is 1. The van der Waals surface area contributed by atoms with Crippen molar-refractivity contribution in [2.75, 3.05) is 19.1 Å². The molecule has 0 saturated heterocycles. The van der Waals surface area contributed by atoms with Gasteiger partial charge in [0.15, 0.2) is 6.61 Å². The third-order valence-corrected chi connectivity index (χ3v) is 14.3. The Balaban J connectivity index is 1.93. The van der Waals surface area contributed by atoms with Crippen LogP contribution in [0.2, 0.25) is 10.0 Å². The molecule has 0 aliphatic heterocycles. The van der Waals surface area contributed by atoms with Crippen LogP contribution in [-0.2, 0) is 9.92 Å². The monoisotopic (exact) mass is 619 g/mol. The van der Waals surface area contributed by atoms with Gasteiger partial charge in [-0.2, -0.15) is 23.4 Å². The molecule has 1 heterocycles. The lowest BCUT2D eigenvalue weighted by molar-refractivity contribution is -0.154. The van der Waals surface area contributed by atoms with Crippen molar-refractivity contribution < 1.29 is 36.0 Å². The molecule has 212 valence electrons. The summed E-state index contributed by atoms with van der Waals surface area (Å²) in [7, 11) is -5.74. The number of aromatic nitrogens is 1. The molecule has 1 saturated carbocycles. The van der Waals surface area contributed by atoms with E-state index in [0.717, 1.165) is 28.1 Å². The van der Waals surface area contributed by atoms with Gasteiger partial charge in [0, 0.05) is 16.9 Å². The summed E-state index contributed by atoms with van der Waals surface area (Å²) in [5, 5.41) is -0.958. The van der Waals surface area contributed by atoms with Crippen molar-refractivity contribution in [3.63, 3.8) is 0 Å². The van der Waals surface area contributed by atoms with Gasteiger partial charge in [-0.1, -0.05) is 44.0 Å². The molecule has 1 fully saturated rings. The SMILES string of the molecule is CC(C)(C)S(C)(C)N(C(=O)c1cc(Cl)c(Oc2cnc(OCC(F)(F)F)c(Cl)c2)cc1F)S(=N)(=O)C1CC1. The van der Waals surface area contributed by atoms with E-state index in [1.807, 2.05) is 20.8 Å². The standard InChI is InChI=1S/C23H27Cl2F4N3O4S2/c1-22(2,3)37(4,5)32(38(30,34)14-6-7-14)21(33)15-9-16(24)19(10-18(15)26)36-13-8-17(25)20(31-11-13)35-12-23(27,28)29/h8-11,14,30H,6-7,12H2,1-5H3. The molecule has 1 aromatic heterocycles. The first-order chi connectivity index (χ1) is 17.3. The highest BCUT2D eigenvalue weighted by Gasteiger charge is 2.48. The number of nitrogens with one attached hydrogen (secondary N) is 1. The number of rotatable bonds is 8. The Bertz CT molecular complexity index is 1350. The van der Waals surface area contributed by atoms with E-state index >= 15 is 4.39 Å². The molecular formula is C23H27Cl2F4N3O4S2. The van der Waals surface area contributed by atoms with Crippen LogP contribution in [0.3, 0.4) is 0 Å². The third kappa shape index (κ3) is 6.60. The molecule has 1 atom stereocenters. The Labute approximate surface area is 230 Å². The van der Waals surface area contributed by atoms with Gasteiger partial charge in [-0.05, 0) is 31.4 Å². The van der Waals surface area contributed by atoms with E-state index in [1.54, 1.807) is 12.5 Å². The van der Waals surface area contributed by atoms with Crippen molar-refractivity contribution in [2.24, 2.45) is 0 Å². The molecule has 3 rings (SSSR count). The average Bonchev–Trinajstić information content (AvgIpc) is 3.60. The zero-order chi connectivity index (χ0) is 28.8. The lowest BCUT2D eigenvalue weighted by Gasteiger charge is -2.52. The summed E-state index contributed by atoms with van der Waals surface area (Å²) in [6, 6.07) is 2.98. The van der Waals surface area contributed by atoms with Crippen LogP contribution in [0.4, 0.5) is 17.6 Å². The first-order valence-corrected chi connectivity index (χ1v) is 15.9. The average molecular weight is 621 g/mol. The van der Waals surface area contributed by atoms with Crippen LogP contribution in [0.25, 0.3) is 0 Å². The molecule has 1 N–H and O–H groups in total. The van der Waals surface area contributed by atoms with Gasteiger partial charge in [0.25, 0.3) is 5.91 Å². The summed E-state index contributed by atoms with van der Waals surface area (Å²) in [4.78, 5) is 17.3. The predicted molar refractivity (Wildman–Crippen MR) is 142 cm³/mol. The van der Waals surface area contributed by atoms with E-state index in [2.05, 4.69) is 9.72 Å². The topological polar surface area (TPSA) is 92.6 Å². The maximum Gasteiger partial charge on any atom is 0.422 e. The minimum absolute atomic E-state index is 0.0856. The molecule has 1 aliphatic carbocycles. The Morgan fingerprint density at radius 3 is 2.26 bits per heavy atom. The van der Waals surface area contributed by atoms with Crippen LogP contribution in [-0.4, -0.2) is 54.1 Å². The molecule has 1 unspecified atom stereocenters. The number of hydrogen-bond acceptors (Lipinski definition) is 6. The van der Waals surface area contributed by atoms with Crippen LogP contribution in [0.5, 0.6) is 17.4 Å². The maximum absolute atomic E-state index is 15.3. The second kappa shape index (κ2) is 10.5. The third-order valence-electron chi connectivity index (χ3n) is 5.94. The van der Waals surface area contributed by atoms with Gasteiger partial charge in [0.2, 0.25) is 5.88 Å². The summed E-state index contributed by atoms with van der Waals surface area (Å²) >= 11 is 12.2. The van der Waals surface area contributed by atoms with Crippen LogP contribution < -0.4 is 9.47 Å². The van der Waals surface area contributed by atoms with E-state index in [4.69, 9.17) is 32.7 Å². The highest BCUT2D eigenvalue weighted by Crippen LogP contribution is 2.59. The minimum atomic E-state index is -4.59. The summed E-state index contributed by atoms with van der Waals surface area (Å²) in [5.41, 5.74) is -0.472. The quantitative estimate of drug-likeness (QED) is 0.307. The minimum Gasteiger partial charge on any atom is -0.467 e. The van der Waals surface area contributed by atoms with Gasteiger partial charge >= 0.3 is 6.18 Å². The first-order valence-electron chi connectivity index (χ1n) is 11.1. The van der Waals surface area contributed by atoms with E-state index in [-0.39, 0.29) is 21.5 Å². The van der Waals surface area contributed by atoms with E-state index in [9.17, 15) is 22.2 Å². The predicted octanol–water partition coefficient (Wildman–Crippen LogP) is 7.60. The number of benzene rings is 1. The van der Waals surface area contributed by atoms with Gasteiger partial charge in [0.1, 0.15) is 32.3 Å². The molecule has 15 heteroatoms. The Morgan fingerprint density at radius 1 is 1.16 bits per heavy atom. The van der Waals surface area contributed by atoms with Crippen molar-refractivity contribution in [3.8, 4) is 17.4 Å². The lowest BCUT2D eigenvalue weighted by atomic mass is 10.2. The smallest absolute Gasteiger partial charge is 0.422 e. The number of alkyl halides is 3. The van der Waals surface area contributed by atoms with Crippen LogP contribution in [0.1, 0.15) is 44.0 Å². The van der Waals surface area contributed by atoms with E-state index in [1.165, 1.54) is 0 Å². The summed E-state index contributed by atoms with van der Waals surface area (Å²) in [5.74, 6) is -2.73. The van der Waals surface area contributed by atoms with Crippen molar-refractivity contribution in [2.45, 2.75) is 49.8 Å². The van der Waals surface area contributed by atoms with Crippen molar-refractivity contribution in [3.05, 3.63) is 45.8 Å². The largest absolute Gasteiger partial charge is 0.467 e. The number of carbonyl (C=O) groups is 1. The number of pyridine rings is 1. The highest BCUT2D eigenvalue weighted by molar-refractivity contribution is 8.36. The van der Waals surface area contributed by atoms with Crippen LogP contribution in [0.15, 0.2) is 24.4 Å². The first kappa shape index (κ1) is 30.6. The zero-order valence-corrected chi connectivity index (χ0v) is 24.3. The molecule has 1 aromatic carbocycles. The second-order valence-corrected chi connectivity index (χ2v) is 17.3. The number of halogens is 6. The number of amides is 1. The summed E-state index contributed by atoms with van der Waals surface area (Å²) in [6.45, 7) is 4.00. The van der Waals surface area contributed by atoms with Crippen molar-refractivity contribution >= 4 is 49.2 Å².